The number of para-hydroxylation sites is 1. The number of anilines is 3. The summed E-state index contributed by atoms with van der Waals surface area (Å²) in [6, 6.07) is 9.70. The number of hydrogen-bond donors (Lipinski definition) is 3. The Morgan fingerprint density at radius 2 is 2.03 bits per heavy atom. The molecule has 188 valence electrons. The Kier molecular flexibility index (Phi) is 6.84. The van der Waals surface area contributed by atoms with E-state index in [1.807, 2.05) is 0 Å². The van der Waals surface area contributed by atoms with Gasteiger partial charge in [-0.25, -0.2) is 0 Å². The van der Waals surface area contributed by atoms with Crippen molar-refractivity contribution in [1.29, 1.82) is 0 Å². The molecule has 35 heavy (non-hydrogen) atoms. The van der Waals surface area contributed by atoms with Crippen molar-refractivity contribution in [3.8, 4) is 11.5 Å². The van der Waals surface area contributed by atoms with Crippen molar-refractivity contribution in [3.05, 3.63) is 53.6 Å². The number of epoxide rings is 1. The predicted molar refractivity (Wildman–Crippen MR) is 138 cm³/mol. The van der Waals surface area contributed by atoms with E-state index < -0.39 is 0 Å². The molecule has 2 aliphatic rings. The van der Waals surface area contributed by atoms with Gasteiger partial charge in [0.25, 0.3) is 5.91 Å². The van der Waals surface area contributed by atoms with Crippen molar-refractivity contribution in [2.75, 3.05) is 23.4 Å². The molecule has 2 aliphatic heterocycles. The summed E-state index contributed by atoms with van der Waals surface area (Å²) >= 11 is 0. The number of phenolic OH excluding ortho intramolecular Hbond substituents is 2. The van der Waals surface area contributed by atoms with Gasteiger partial charge in [-0.05, 0) is 78.1 Å². The smallest absolute Gasteiger partial charge is 0.260 e. The minimum atomic E-state index is -0.322. The summed E-state index contributed by atoms with van der Waals surface area (Å²) in [7, 11) is 0. The molecule has 0 aliphatic carbocycles. The van der Waals surface area contributed by atoms with Crippen LogP contribution in [-0.2, 0) is 9.47 Å². The van der Waals surface area contributed by atoms with Gasteiger partial charge in [0.05, 0.1) is 47.0 Å². The van der Waals surface area contributed by atoms with Crippen molar-refractivity contribution >= 4 is 23.0 Å². The lowest BCUT2D eigenvalue weighted by Crippen LogP contribution is -2.35. The Morgan fingerprint density at radius 1 is 1.26 bits per heavy atom. The SMILES string of the molecule is C/C(=C\CCC1(C)OC1CN1C(=O)c2cccc(O)c2Nc2ccc(O)cc21)CCOC(C)(C)C. The first-order chi connectivity index (χ1) is 16.5. The Balaban J connectivity index is 1.44. The molecule has 7 nitrogen and oxygen atoms in total. The average molecular weight is 481 g/mol. The molecule has 2 aromatic carbocycles. The van der Waals surface area contributed by atoms with E-state index in [1.165, 1.54) is 5.57 Å². The Bertz CT molecular complexity index is 1140. The van der Waals surface area contributed by atoms with Crippen molar-refractivity contribution in [1.82, 2.24) is 0 Å². The molecule has 0 saturated carbocycles. The zero-order valence-corrected chi connectivity index (χ0v) is 21.2. The fraction of sp³-hybridized carbons (Fsp3) is 0.464. The highest BCUT2D eigenvalue weighted by Crippen LogP contribution is 2.45. The van der Waals surface area contributed by atoms with Gasteiger partial charge in [-0.15, -0.1) is 0 Å². The first kappa shape index (κ1) is 25.1. The number of amides is 1. The molecular weight excluding hydrogens is 444 g/mol. The zero-order valence-electron chi connectivity index (χ0n) is 21.2. The Hall–Kier alpha value is -3.03. The largest absolute Gasteiger partial charge is 0.508 e. The van der Waals surface area contributed by atoms with Gasteiger partial charge in [0.1, 0.15) is 17.6 Å². The van der Waals surface area contributed by atoms with E-state index in [-0.39, 0.29) is 34.7 Å². The highest BCUT2D eigenvalue weighted by atomic mass is 16.6. The highest BCUT2D eigenvalue weighted by molar-refractivity contribution is 6.14. The maximum atomic E-state index is 13.5. The molecule has 0 radical (unpaired) electrons. The number of nitrogens with zero attached hydrogens (tertiary/aromatic N) is 1. The minimum absolute atomic E-state index is 0.000655. The predicted octanol–water partition coefficient (Wildman–Crippen LogP) is 5.89. The van der Waals surface area contributed by atoms with Crippen molar-refractivity contribution in [2.24, 2.45) is 0 Å². The summed E-state index contributed by atoms with van der Waals surface area (Å²) in [5.74, 6) is -0.187. The second-order valence-electron chi connectivity index (χ2n) is 10.7. The molecule has 0 spiro atoms. The Morgan fingerprint density at radius 3 is 2.77 bits per heavy atom. The van der Waals surface area contributed by atoms with Crippen molar-refractivity contribution in [3.63, 3.8) is 0 Å². The van der Waals surface area contributed by atoms with Crippen LogP contribution in [0.5, 0.6) is 11.5 Å². The lowest BCUT2D eigenvalue weighted by atomic mass is 9.99. The number of fused-ring (bicyclic) bond motifs is 2. The zero-order chi connectivity index (χ0) is 25.4. The number of benzene rings is 2. The van der Waals surface area contributed by atoms with Crippen LogP contribution < -0.4 is 10.2 Å². The molecule has 1 saturated heterocycles. The topological polar surface area (TPSA) is 94.6 Å². The van der Waals surface area contributed by atoms with Gasteiger partial charge < -0.3 is 29.9 Å². The van der Waals surface area contributed by atoms with Crippen molar-refractivity contribution < 1.29 is 24.5 Å². The number of carbonyl (C=O) groups is 1. The third-order valence-corrected chi connectivity index (χ3v) is 6.60. The molecule has 1 amide bonds. The van der Waals surface area contributed by atoms with Gasteiger partial charge >= 0.3 is 0 Å². The normalized spacial score (nSPS) is 21.7. The standard InChI is InChI=1S/C28H36N2O5/c1-18(13-15-34-27(2,3)4)8-7-14-28(5)24(35-28)17-30-22-16-19(31)11-12-21(22)29-25-20(26(30)33)9-6-10-23(25)32/h6,8-12,16,24,29,31-32H,7,13-15,17H2,1-5H3/b18-8+. The van der Waals surface area contributed by atoms with Crippen LogP contribution in [-0.4, -0.2) is 46.6 Å². The molecule has 0 bridgehead atoms. The van der Waals surface area contributed by atoms with E-state index in [9.17, 15) is 15.0 Å². The van der Waals surface area contributed by atoms with Gasteiger partial charge in [-0.3, -0.25) is 4.79 Å². The fourth-order valence-electron chi connectivity index (χ4n) is 4.40. The van der Waals surface area contributed by atoms with Crippen LogP contribution in [0.15, 0.2) is 48.0 Å². The number of phenols is 2. The lowest BCUT2D eigenvalue weighted by molar-refractivity contribution is -0.000968. The van der Waals surface area contributed by atoms with E-state index >= 15 is 0 Å². The molecule has 2 atom stereocenters. The van der Waals surface area contributed by atoms with Crippen LogP contribution in [0.2, 0.25) is 0 Å². The fourth-order valence-corrected chi connectivity index (χ4v) is 4.40. The van der Waals surface area contributed by atoms with Gasteiger partial charge in [0.2, 0.25) is 0 Å². The van der Waals surface area contributed by atoms with Crippen LogP contribution in [0.3, 0.4) is 0 Å². The number of rotatable bonds is 8. The second-order valence-corrected chi connectivity index (χ2v) is 10.7. The quantitative estimate of drug-likeness (QED) is 0.189. The minimum Gasteiger partial charge on any atom is -0.508 e. The first-order valence-corrected chi connectivity index (χ1v) is 12.2. The number of nitrogens with one attached hydrogen (secondary N) is 1. The summed E-state index contributed by atoms with van der Waals surface area (Å²) < 4.78 is 11.9. The van der Waals surface area contributed by atoms with Crippen LogP contribution in [0, 0.1) is 0 Å². The molecule has 3 N–H and O–H groups in total. The van der Waals surface area contributed by atoms with Gasteiger partial charge in [0.15, 0.2) is 0 Å². The molecule has 4 rings (SSSR count). The lowest BCUT2D eigenvalue weighted by Gasteiger charge is -2.23. The molecule has 1 fully saturated rings. The van der Waals surface area contributed by atoms with E-state index in [1.54, 1.807) is 41.3 Å². The van der Waals surface area contributed by atoms with E-state index in [4.69, 9.17) is 9.47 Å². The highest BCUT2D eigenvalue weighted by Gasteiger charge is 2.53. The van der Waals surface area contributed by atoms with Crippen LogP contribution in [0.4, 0.5) is 17.1 Å². The van der Waals surface area contributed by atoms with E-state index in [0.29, 0.717) is 35.8 Å². The van der Waals surface area contributed by atoms with Gasteiger partial charge in [0, 0.05) is 6.07 Å². The summed E-state index contributed by atoms with van der Waals surface area (Å²) in [6.45, 7) is 11.4. The van der Waals surface area contributed by atoms with Crippen LogP contribution in [0.1, 0.15) is 64.2 Å². The molecule has 2 unspecified atom stereocenters. The number of aromatic hydroxyl groups is 2. The maximum absolute atomic E-state index is 13.5. The van der Waals surface area contributed by atoms with Crippen LogP contribution >= 0.6 is 0 Å². The van der Waals surface area contributed by atoms with Crippen molar-refractivity contribution in [2.45, 2.75) is 71.2 Å². The number of hydrogen-bond acceptors (Lipinski definition) is 6. The summed E-state index contributed by atoms with van der Waals surface area (Å²) in [5, 5.41) is 23.6. The molecule has 2 aromatic rings. The summed E-state index contributed by atoms with van der Waals surface area (Å²) in [6.07, 6.45) is 4.75. The molecular formula is C28H36N2O5. The monoisotopic (exact) mass is 480 g/mol. The number of ether oxygens (including phenoxy) is 2. The third kappa shape index (κ3) is 5.80. The third-order valence-electron chi connectivity index (χ3n) is 6.60. The van der Waals surface area contributed by atoms with E-state index in [0.717, 1.165) is 19.3 Å². The van der Waals surface area contributed by atoms with Gasteiger partial charge in [-0.2, -0.15) is 0 Å². The van der Waals surface area contributed by atoms with Crippen LogP contribution in [0.25, 0.3) is 0 Å². The molecule has 2 heterocycles. The number of carbonyl (C=O) groups excluding carboxylic acids is 1. The van der Waals surface area contributed by atoms with Gasteiger partial charge in [-0.1, -0.05) is 17.7 Å². The second kappa shape index (κ2) is 9.55. The molecule has 0 aromatic heterocycles. The summed E-state index contributed by atoms with van der Waals surface area (Å²) in [5.41, 5.74) is 2.77. The Labute approximate surface area is 207 Å². The number of allylic oxidation sites excluding steroid dienone is 1. The molecule has 7 heteroatoms. The maximum Gasteiger partial charge on any atom is 0.260 e. The van der Waals surface area contributed by atoms with E-state index in [2.05, 4.69) is 46.0 Å². The average Bonchev–Trinajstić information content (AvgIpc) is 3.44. The summed E-state index contributed by atoms with van der Waals surface area (Å²) in [4.78, 5) is 15.2. The first-order valence-electron chi connectivity index (χ1n) is 12.2.